The van der Waals surface area contributed by atoms with Gasteiger partial charge in [-0.1, -0.05) is 0 Å². The third-order valence-corrected chi connectivity index (χ3v) is 5.22. The Morgan fingerprint density at radius 3 is 3.04 bits per heavy atom. The van der Waals surface area contributed by atoms with Gasteiger partial charge < -0.3 is 14.8 Å². The molecule has 4 rings (SSSR count). The molecule has 0 aromatic heterocycles. The van der Waals surface area contributed by atoms with Crippen LogP contribution in [0.25, 0.3) is 0 Å². The van der Waals surface area contributed by atoms with Crippen LogP contribution in [-0.4, -0.2) is 42.9 Å². The van der Waals surface area contributed by atoms with Gasteiger partial charge in [0.15, 0.2) is 6.79 Å². The fourth-order valence-corrected chi connectivity index (χ4v) is 3.97. The standard InChI is InChI=1S/C18H25FN2O2/c1-12-6-16(9-21(12)17-2-3-17)20-5-4-13-7-15(19)8-14-10-22-11-23-18(13)14/h7-8,12,16-17,20H,2-6,9-11H2,1H3/t12-,16-/m1/s1. The van der Waals surface area contributed by atoms with Crippen molar-refractivity contribution in [2.45, 2.75) is 57.3 Å². The highest BCUT2D eigenvalue weighted by atomic mass is 19.1. The zero-order chi connectivity index (χ0) is 15.8. The maximum absolute atomic E-state index is 13.7. The van der Waals surface area contributed by atoms with Crippen LogP contribution in [0.2, 0.25) is 0 Å². The molecule has 0 amide bonds. The topological polar surface area (TPSA) is 33.7 Å². The van der Waals surface area contributed by atoms with Crippen LogP contribution in [-0.2, 0) is 17.8 Å². The molecule has 3 aliphatic rings. The Morgan fingerprint density at radius 1 is 1.35 bits per heavy atom. The van der Waals surface area contributed by atoms with Gasteiger partial charge in [0, 0.05) is 30.2 Å². The number of ether oxygens (including phenoxy) is 2. The molecule has 2 fully saturated rings. The van der Waals surface area contributed by atoms with Crippen molar-refractivity contribution in [2.24, 2.45) is 0 Å². The SMILES string of the molecule is C[C@@H]1C[C@@H](NCCc2cc(F)cc3c2OCOC3)CN1C1CC1. The fraction of sp³-hybridized carbons (Fsp3) is 0.667. The molecule has 1 saturated heterocycles. The first-order valence-corrected chi connectivity index (χ1v) is 8.71. The molecular formula is C18H25FN2O2. The van der Waals surface area contributed by atoms with Crippen LogP contribution in [0.5, 0.6) is 5.75 Å². The molecule has 0 radical (unpaired) electrons. The molecule has 1 aliphatic carbocycles. The van der Waals surface area contributed by atoms with E-state index in [1.165, 1.54) is 25.3 Å². The lowest BCUT2D eigenvalue weighted by Gasteiger charge is -2.21. The van der Waals surface area contributed by atoms with Gasteiger partial charge in [0.05, 0.1) is 6.61 Å². The highest BCUT2D eigenvalue weighted by Gasteiger charge is 2.38. The summed E-state index contributed by atoms with van der Waals surface area (Å²) in [6.07, 6.45) is 4.73. The Hall–Kier alpha value is -1.17. The Labute approximate surface area is 136 Å². The highest BCUT2D eigenvalue weighted by molar-refractivity contribution is 5.42. The zero-order valence-corrected chi connectivity index (χ0v) is 13.7. The maximum atomic E-state index is 13.7. The lowest BCUT2D eigenvalue weighted by molar-refractivity contribution is -0.0172. The van der Waals surface area contributed by atoms with Gasteiger partial charge >= 0.3 is 0 Å². The molecule has 1 aromatic carbocycles. The fourth-order valence-electron chi connectivity index (χ4n) is 3.97. The molecule has 1 N–H and O–H groups in total. The predicted molar refractivity (Wildman–Crippen MR) is 86.0 cm³/mol. The van der Waals surface area contributed by atoms with Gasteiger partial charge in [-0.05, 0) is 56.8 Å². The van der Waals surface area contributed by atoms with Crippen LogP contribution in [0.3, 0.4) is 0 Å². The van der Waals surface area contributed by atoms with Crippen LogP contribution in [0.4, 0.5) is 4.39 Å². The number of nitrogens with zero attached hydrogens (tertiary/aromatic N) is 1. The molecule has 126 valence electrons. The van der Waals surface area contributed by atoms with Crippen molar-refractivity contribution < 1.29 is 13.9 Å². The van der Waals surface area contributed by atoms with Crippen molar-refractivity contribution in [3.8, 4) is 5.75 Å². The number of likely N-dealkylation sites (tertiary alicyclic amines) is 1. The average molecular weight is 320 g/mol. The minimum absolute atomic E-state index is 0.206. The van der Waals surface area contributed by atoms with Gasteiger partial charge in [0.2, 0.25) is 0 Å². The monoisotopic (exact) mass is 320 g/mol. The van der Waals surface area contributed by atoms with Crippen LogP contribution in [0, 0.1) is 5.82 Å². The molecule has 5 heteroatoms. The summed E-state index contributed by atoms with van der Waals surface area (Å²) in [6, 6.07) is 5.18. The van der Waals surface area contributed by atoms with E-state index >= 15 is 0 Å². The van der Waals surface area contributed by atoms with Crippen molar-refractivity contribution in [3.05, 3.63) is 29.1 Å². The molecule has 0 bridgehead atoms. The summed E-state index contributed by atoms with van der Waals surface area (Å²) in [5, 5.41) is 3.65. The minimum atomic E-state index is -0.206. The summed E-state index contributed by atoms with van der Waals surface area (Å²) in [7, 11) is 0. The van der Waals surface area contributed by atoms with Crippen molar-refractivity contribution in [1.82, 2.24) is 10.2 Å². The summed E-state index contributed by atoms with van der Waals surface area (Å²) in [4.78, 5) is 2.64. The van der Waals surface area contributed by atoms with Crippen molar-refractivity contribution in [2.75, 3.05) is 19.9 Å². The lowest BCUT2D eigenvalue weighted by atomic mass is 10.0. The number of hydrogen-bond donors (Lipinski definition) is 1. The molecule has 2 aliphatic heterocycles. The Balaban J connectivity index is 1.34. The number of nitrogens with one attached hydrogen (secondary N) is 1. The third kappa shape index (κ3) is 3.37. The van der Waals surface area contributed by atoms with Gasteiger partial charge in [-0.2, -0.15) is 0 Å². The first-order chi connectivity index (χ1) is 11.2. The van der Waals surface area contributed by atoms with Crippen molar-refractivity contribution in [3.63, 3.8) is 0 Å². The highest BCUT2D eigenvalue weighted by Crippen LogP contribution is 2.33. The van der Waals surface area contributed by atoms with E-state index in [-0.39, 0.29) is 12.6 Å². The number of hydrogen-bond acceptors (Lipinski definition) is 4. The largest absolute Gasteiger partial charge is 0.467 e. The summed E-state index contributed by atoms with van der Waals surface area (Å²) in [5.74, 6) is 0.612. The van der Waals surface area contributed by atoms with E-state index in [1.54, 1.807) is 6.07 Å². The third-order valence-electron chi connectivity index (χ3n) is 5.22. The van der Waals surface area contributed by atoms with Gasteiger partial charge in [0.1, 0.15) is 11.6 Å². The van der Waals surface area contributed by atoms with E-state index in [9.17, 15) is 4.39 Å². The van der Waals surface area contributed by atoms with E-state index in [0.29, 0.717) is 18.7 Å². The summed E-state index contributed by atoms with van der Waals surface area (Å²) >= 11 is 0. The van der Waals surface area contributed by atoms with Gasteiger partial charge in [-0.15, -0.1) is 0 Å². The van der Waals surface area contributed by atoms with E-state index in [1.807, 2.05) is 0 Å². The first kappa shape index (κ1) is 15.4. The summed E-state index contributed by atoms with van der Waals surface area (Å²) in [6.45, 7) is 5.03. The van der Waals surface area contributed by atoms with Crippen LogP contribution < -0.4 is 10.1 Å². The van der Waals surface area contributed by atoms with Crippen LogP contribution >= 0.6 is 0 Å². The number of fused-ring (bicyclic) bond motifs is 1. The molecule has 23 heavy (non-hydrogen) atoms. The Morgan fingerprint density at radius 2 is 2.22 bits per heavy atom. The van der Waals surface area contributed by atoms with Gasteiger partial charge in [0.25, 0.3) is 0 Å². The smallest absolute Gasteiger partial charge is 0.189 e. The van der Waals surface area contributed by atoms with Crippen LogP contribution in [0.15, 0.2) is 12.1 Å². The molecule has 0 unspecified atom stereocenters. The molecule has 2 heterocycles. The molecule has 2 atom stereocenters. The average Bonchev–Trinajstić information content (AvgIpc) is 3.31. The predicted octanol–water partition coefficient (Wildman–Crippen LogP) is 2.45. The number of benzene rings is 1. The normalized spacial score (nSPS) is 27.7. The second kappa shape index (κ2) is 6.38. The summed E-state index contributed by atoms with van der Waals surface area (Å²) < 4.78 is 24.6. The second-order valence-electron chi connectivity index (χ2n) is 7.08. The van der Waals surface area contributed by atoms with E-state index < -0.39 is 0 Å². The lowest BCUT2D eigenvalue weighted by Crippen LogP contribution is -2.35. The summed E-state index contributed by atoms with van der Waals surface area (Å²) in [5.41, 5.74) is 1.77. The first-order valence-electron chi connectivity index (χ1n) is 8.71. The van der Waals surface area contributed by atoms with E-state index in [4.69, 9.17) is 9.47 Å². The molecule has 1 aromatic rings. The molecule has 1 saturated carbocycles. The quantitative estimate of drug-likeness (QED) is 0.903. The van der Waals surface area contributed by atoms with E-state index in [0.717, 1.165) is 42.4 Å². The van der Waals surface area contributed by atoms with Gasteiger partial charge in [-0.25, -0.2) is 4.39 Å². The Kier molecular flexibility index (Phi) is 4.26. The number of rotatable bonds is 5. The van der Waals surface area contributed by atoms with Crippen molar-refractivity contribution in [1.29, 1.82) is 0 Å². The second-order valence-corrected chi connectivity index (χ2v) is 7.08. The Bertz CT molecular complexity index is 576. The molecular weight excluding hydrogens is 295 g/mol. The number of halogens is 1. The molecule has 0 spiro atoms. The van der Waals surface area contributed by atoms with Crippen molar-refractivity contribution >= 4 is 0 Å². The van der Waals surface area contributed by atoms with Crippen LogP contribution in [0.1, 0.15) is 37.3 Å². The minimum Gasteiger partial charge on any atom is -0.467 e. The molecule has 4 nitrogen and oxygen atoms in total. The van der Waals surface area contributed by atoms with E-state index in [2.05, 4.69) is 17.1 Å². The maximum Gasteiger partial charge on any atom is 0.189 e. The zero-order valence-electron chi connectivity index (χ0n) is 13.7. The van der Waals surface area contributed by atoms with Gasteiger partial charge in [-0.3, -0.25) is 4.90 Å².